The number of hydrogen-bond acceptors (Lipinski definition) is 0. The van der Waals surface area contributed by atoms with E-state index in [-0.39, 0.29) is 0 Å². The van der Waals surface area contributed by atoms with Crippen molar-refractivity contribution in [1.82, 2.24) is 0 Å². The number of halogens is 2. The van der Waals surface area contributed by atoms with E-state index in [0.29, 0.717) is 0 Å². The van der Waals surface area contributed by atoms with Crippen molar-refractivity contribution in [2.75, 3.05) is 13.1 Å². The molecule has 3 heteroatoms. The largest absolute Gasteiger partial charge is 0.316 e. The zero-order valence-electron chi connectivity index (χ0n) is 18.2. The number of hydrogen-bond donors (Lipinski definition) is 0. The Morgan fingerprint density at radius 2 is 1.06 bits per heavy atom. The fraction of sp³-hybridized carbons (Fsp3) is 0.286. The predicted octanol–water partition coefficient (Wildman–Crippen LogP) is 8.67. The quantitative estimate of drug-likeness (QED) is 0.135. The molecule has 2 heterocycles. The van der Waals surface area contributed by atoms with Crippen molar-refractivity contribution in [3.8, 4) is 11.1 Å². The van der Waals surface area contributed by atoms with Crippen LogP contribution in [-0.4, -0.2) is 17.6 Å². The summed E-state index contributed by atoms with van der Waals surface area (Å²) >= 11 is 4.24. The lowest BCUT2D eigenvalue weighted by Crippen LogP contribution is -2.43. The highest BCUT2D eigenvalue weighted by Gasteiger charge is 2.38. The smallest absolute Gasteiger partial charge is 0.106 e. The van der Waals surface area contributed by atoms with Crippen molar-refractivity contribution in [2.24, 2.45) is 0 Å². The fourth-order valence-corrected chi connectivity index (χ4v) is 6.09. The van der Waals surface area contributed by atoms with E-state index in [4.69, 9.17) is 0 Å². The Balaban J connectivity index is 0.000000994. The monoisotopic (exact) mass is 632 g/mol. The van der Waals surface area contributed by atoms with Crippen molar-refractivity contribution >= 4 is 58.8 Å². The number of rotatable bonds is 0. The summed E-state index contributed by atoms with van der Waals surface area (Å²) in [6.45, 7) is 9.65. The summed E-state index contributed by atoms with van der Waals surface area (Å²) in [4.78, 5) is 0. The SMILES string of the molecule is Cc1cc2ccccc2c2c1C[N+]1(CCCC1)Cc1c(C)cc3ccccc3c1-2.II. The Morgan fingerprint density at radius 1 is 0.645 bits per heavy atom. The molecule has 0 N–H and O–H groups in total. The highest BCUT2D eigenvalue weighted by molar-refractivity contribution is 15.0. The van der Waals surface area contributed by atoms with Gasteiger partial charge in [-0.1, -0.05) is 60.7 Å². The maximum absolute atomic E-state index is 2.42. The Labute approximate surface area is 208 Å². The van der Waals surface area contributed by atoms with Crippen LogP contribution in [0.15, 0.2) is 60.7 Å². The summed E-state index contributed by atoms with van der Waals surface area (Å²) in [5.74, 6) is 0. The van der Waals surface area contributed by atoms with Gasteiger partial charge in [-0.3, -0.25) is 0 Å². The van der Waals surface area contributed by atoms with Gasteiger partial charge in [0.1, 0.15) is 13.1 Å². The molecule has 6 rings (SSSR count). The molecule has 2 aliphatic rings. The predicted molar refractivity (Wildman–Crippen MR) is 151 cm³/mol. The van der Waals surface area contributed by atoms with Crippen molar-refractivity contribution in [2.45, 2.75) is 39.8 Å². The first-order valence-corrected chi connectivity index (χ1v) is 17.5. The Kier molecular flexibility index (Phi) is 6.03. The molecule has 1 nitrogen and oxygen atoms in total. The molecule has 0 bridgehead atoms. The van der Waals surface area contributed by atoms with Crippen LogP contribution in [0.1, 0.15) is 35.1 Å². The van der Waals surface area contributed by atoms with Gasteiger partial charge in [0.15, 0.2) is 0 Å². The van der Waals surface area contributed by atoms with Gasteiger partial charge in [0.2, 0.25) is 0 Å². The Bertz CT molecular complexity index is 1190. The van der Waals surface area contributed by atoms with Crippen LogP contribution in [0.3, 0.4) is 0 Å². The molecule has 2 aliphatic heterocycles. The lowest BCUT2D eigenvalue weighted by Gasteiger charge is -2.34. The van der Waals surface area contributed by atoms with Gasteiger partial charge in [-0.2, -0.15) is 0 Å². The van der Waals surface area contributed by atoms with Crippen molar-refractivity contribution in [3.05, 3.63) is 82.9 Å². The van der Waals surface area contributed by atoms with E-state index in [0.717, 1.165) is 0 Å². The maximum atomic E-state index is 2.42. The molecular weight excluding hydrogens is 604 g/mol. The summed E-state index contributed by atoms with van der Waals surface area (Å²) in [6.07, 6.45) is 2.73. The van der Waals surface area contributed by atoms with Crippen LogP contribution in [0, 0.1) is 13.8 Å². The number of quaternary nitrogens is 1. The number of fused-ring (bicyclic) bond motifs is 7. The van der Waals surface area contributed by atoms with Crippen LogP contribution in [0.2, 0.25) is 0 Å². The highest BCUT2D eigenvalue weighted by Crippen LogP contribution is 2.46. The van der Waals surface area contributed by atoms with E-state index in [9.17, 15) is 0 Å². The van der Waals surface area contributed by atoms with Gasteiger partial charge in [-0.15, -0.1) is 0 Å². The van der Waals surface area contributed by atoms with Gasteiger partial charge in [-0.05, 0) is 57.6 Å². The van der Waals surface area contributed by atoms with Crippen LogP contribution in [0.4, 0.5) is 0 Å². The summed E-state index contributed by atoms with van der Waals surface area (Å²) in [6, 6.07) is 22.9. The molecule has 0 amide bonds. The Morgan fingerprint density at radius 3 is 1.52 bits per heavy atom. The van der Waals surface area contributed by atoms with Crippen molar-refractivity contribution in [3.63, 3.8) is 0 Å². The van der Waals surface area contributed by atoms with Gasteiger partial charge in [-0.25, -0.2) is 0 Å². The summed E-state index contributed by atoms with van der Waals surface area (Å²) < 4.78 is 1.23. The van der Waals surface area contributed by atoms with E-state index in [1.807, 2.05) is 0 Å². The Hall–Kier alpha value is -1.18. The minimum absolute atomic E-state index is 1.18. The molecule has 1 fully saturated rings. The average Bonchev–Trinajstić information content (AvgIpc) is 3.18. The highest BCUT2D eigenvalue weighted by atomic mass is 128. The van der Waals surface area contributed by atoms with Gasteiger partial charge < -0.3 is 4.48 Å². The van der Waals surface area contributed by atoms with E-state index in [2.05, 4.69) is 112 Å². The minimum atomic E-state index is 1.18. The lowest BCUT2D eigenvalue weighted by atomic mass is 9.85. The van der Waals surface area contributed by atoms with Gasteiger partial charge in [0.25, 0.3) is 0 Å². The average molecular weight is 632 g/mol. The molecule has 0 radical (unpaired) electrons. The molecule has 0 aliphatic carbocycles. The summed E-state index contributed by atoms with van der Waals surface area (Å²) in [5.41, 5.74) is 9.11. The van der Waals surface area contributed by atoms with Crippen LogP contribution in [-0.2, 0) is 13.1 Å². The number of aryl methyl sites for hydroxylation is 2. The van der Waals surface area contributed by atoms with Gasteiger partial charge in [0.05, 0.1) is 13.1 Å². The van der Waals surface area contributed by atoms with Gasteiger partial charge in [0, 0.05) is 61.2 Å². The molecule has 0 saturated carbocycles. The molecule has 0 atom stereocenters. The second-order valence-electron chi connectivity index (χ2n) is 9.35. The number of nitrogens with zero attached hydrogens (tertiary/aromatic N) is 1. The zero-order valence-corrected chi connectivity index (χ0v) is 22.5. The van der Waals surface area contributed by atoms with Gasteiger partial charge >= 0.3 is 0 Å². The molecule has 0 aromatic heterocycles. The standard InChI is InChI=1S/C28H28N.I2/c1-19-15-21-9-3-5-11-23(21)27-25(19)17-29(13-7-8-14-29)18-26-20(2)16-22-10-4-6-12-24(22)28(26)27;1-2/h3-6,9-12,15-16H,7-8,13-14,17-18H2,1-2H3;/q+1;. The first kappa shape index (κ1) is 21.7. The second-order valence-corrected chi connectivity index (χ2v) is 9.35. The molecule has 0 unspecified atom stereocenters. The van der Waals surface area contributed by atoms with E-state index < -0.39 is 0 Å². The second kappa shape index (κ2) is 8.64. The van der Waals surface area contributed by atoms with E-state index >= 15 is 0 Å². The lowest BCUT2D eigenvalue weighted by molar-refractivity contribution is -0.942. The van der Waals surface area contributed by atoms with Crippen LogP contribution < -0.4 is 0 Å². The molecule has 4 aromatic carbocycles. The molecule has 1 spiro atoms. The summed E-state index contributed by atoms with van der Waals surface area (Å²) in [5, 5.41) is 5.58. The molecule has 4 aromatic rings. The summed E-state index contributed by atoms with van der Waals surface area (Å²) in [7, 11) is 0. The third-order valence-electron chi connectivity index (χ3n) is 7.51. The third-order valence-corrected chi connectivity index (χ3v) is 7.51. The third kappa shape index (κ3) is 3.61. The van der Waals surface area contributed by atoms with Crippen LogP contribution >= 0.6 is 37.2 Å². The van der Waals surface area contributed by atoms with Crippen molar-refractivity contribution < 1.29 is 4.48 Å². The van der Waals surface area contributed by atoms with E-state index in [1.165, 1.54) is 87.3 Å². The topological polar surface area (TPSA) is 0 Å². The molecule has 31 heavy (non-hydrogen) atoms. The molecule has 158 valence electrons. The van der Waals surface area contributed by atoms with Crippen molar-refractivity contribution in [1.29, 1.82) is 0 Å². The van der Waals surface area contributed by atoms with E-state index in [1.54, 1.807) is 11.1 Å². The number of benzene rings is 4. The molecule has 1 saturated heterocycles. The van der Waals surface area contributed by atoms with Crippen LogP contribution in [0.5, 0.6) is 0 Å². The maximum Gasteiger partial charge on any atom is 0.106 e. The first-order chi connectivity index (χ1) is 15.2. The first-order valence-electron chi connectivity index (χ1n) is 11.2. The van der Waals surface area contributed by atoms with Crippen LogP contribution in [0.25, 0.3) is 32.7 Å². The minimum Gasteiger partial charge on any atom is -0.316 e. The molecular formula is C28H28I2N+. The zero-order chi connectivity index (χ0) is 21.6. The fourth-order valence-electron chi connectivity index (χ4n) is 6.09. The normalized spacial score (nSPS) is 16.5.